The molecule has 0 aliphatic heterocycles. The van der Waals surface area contributed by atoms with E-state index in [-0.39, 0.29) is 17.7 Å². The maximum Gasteiger partial charge on any atom is 0.125 e. The Morgan fingerprint density at radius 1 is 1.10 bits per heavy atom. The Morgan fingerprint density at radius 2 is 1.86 bits per heavy atom. The van der Waals surface area contributed by atoms with Gasteiger partial charge in [-0.15, -0.1) is 0 Å². The van der Waals surface area contributed by atoms with Crippen LogP contribution in [-0.4, -0.2) is 6.04 Å². The first-order valence-electron chi connectivity index (χ1n) is 6.69. The molecule has 2 aromatic rings. The number of hydrogen-bond donors (Lipinski definition) is 1. The summed E-state index contributed by atoms with van der Waals surface area (Å²) in [7, 11) is 0. The second-order valence-electron chi connectivity index (χ2n) is 5.31. The van der Waals surface area contributed by atoms with Gasteiger partial charge in [0.1, 0.15) is 11.6 Å². The summed E-state index contributed by atoms with van der Waals surface area (Å²) in [4.78, 5) is 0. The van der Waals surface area contributed by atoms with Crippen molar-refractivity contribution in [2.45, 2.75) is 24.8 Å². The molecule has 0 spiro atoms. The minimum atomic E-state index is -0.372. The Kier molecular flexibility index (Phi) is 4.18. The van der Waals surface area contributed by atoms with Crippen molar-refractivity contribution in [1.82, 2.24) is 0 Å². The molecule has 1 aliphatic rings. The molecular formula is C16H13BrClF2N. The van der Waals surface area contributed by atoms with E-state index in [9.17, 15) is 8.78 Å². The molecule has 1 saturated carbocycles. The lowest BCUT2D eigenvalue weighted by molar-refractivity contribution is 0.373. The third-order valence-corrected chi connectivity index (χ3v) is 4.74. The highest BCUT2D eigenvalue weighted by atomic mass is 79.9. The summed E-state index contributed by atoms with van der Waals surface area (Å²) in [5.41, 5.74) is 1.73. The fourth-order valence-electron chi connectivity index (χ4n) is 2.65. The molecule has 2 aromatic carbocycles. The number of nitrogens with one attached hydrogen (secondary N) is 1. The first-order chi connectivity index (χ1) is 10.0. The number of rotatable bonds is 3. The summed E-state index contributed by atoms with van der Waals surface area (Å²) in [5.74, 6) is -0.215. The average molecular weight is 373 g/mol. The predicted octanol–water partition coefficient (Wildman–Crippen LogP) is 5.74. The largest absolute Gasteiger partial charge is 0.380 e. The second-order valence-corrected chi connectivity index (χ2v) is 6.57. The molecule has 0 unspecified atom stereocenters. The summed E-state index contributed by atoms with van der Waals surface area (Å²) < 4.78 is 27.0. The van der Waals surface area contributed by atoms with Gasteiger partial charge in [0.05, 0.1) is 10.7 Å². The van der Waals surface area contributed by atoms with Crippen LogP contribution in [0.1, 0.15) is 24.3 Å². The van der Waals surface area contributed by atoms with Crippen molar-refractivity contribution in [3.63, 3.8) is 0 Å². The highest BCUT2D eigenvalue weighted by Crippen LogP contribution is 2.41. The Bertz CT molecular complexity index is 648. The molecule has 3 rings (SSSR count). The molecule has 0 atom stereocenters. The van der Waals surface area contributed by atoms with Gasteiger partial charge in [0.2, 0.25) is 0 Å². The topological polar surface area (TPSA) is 12.0 Å². The zero-order valence-electron chi connectivity index (χ0n) is 11.0. The van der Waals surface area contributed by atoms with Crippen molar-refractivity contribution >= 4 is 33.2 Å². The van der Waals surface area contributed by atoms with Gasteiger partial charge < -0.3 is 5.32 Å². The molecule has 1 aliphatic carbocycles. The molecule has 0 amide bonds. The van der Waals surface area contributed by atoms with Crippen LogP contribution in [0, 0.1) is 11.6 Å². The monoisotopic (exact) mass is 371 g/mol. The van der Waals surface area contributed by atoms with E-state index < -0.39 is 0 Å². The Labute approximate surface area is 135 Å². The smallest absolute Gasteiger partial charge is 0.125 e. The van der Waals surface area contributed by atoms with Gasteiger partial charge in [0.15, 0.2) is 0 Å². The van der Waals surface area contributed by atoms with Crippen LogP contribution in [0.15, 0.2) is 40.9 Å². The minimum absolute atomic E-state index is 0.201. The number of anilines is 1. The first-order valence-corrected chi connectivity index (χ1v) is 7.86. The minimum Gasteiger partial charge on any atom is -0.380 e. The van der Waals surface area contributed by atoms with E-state index in [0.29, 0.717) is 21.1 Å². The average Bonchev–Trinajstić information content (AvgIpc) is 2.35. The van der Waals surface area contributed by atoms with Gasteiger partial charge in [0, 0.05) is 10.5 Å². The van der Waals surface area contributed by atoms with Gasteiger partial charge in [-0.05, 0) is 64.5 Å². The molecule has 0 radical (unpaired) electrons. The molecule has 0 aromatic heterocycles. The summed E-state index contributed by atoms with van der Waals surface area (Å²) >= 11 is 9.36. The first kappa shape index (κ1) is 14.8. The summed E-state index contributed by atoms with van der Waals surface area (Å²) in [6, 6.07) is 9.66. The van der Waals surface area contributed by atoms with E-state index in [4.69, 9.17) is 11.6 Å². The van der Waals surface area contributed by atoms with Crippen molar-refractivity contribution in [1.29, 1.82) is 0 Å². The zero-order chi connectivity index (χ0) is 15.0. The van der Waals surface area contributed by atoms with Crippen LogP contribution in [0.3, 0.4) is 0 Å². The summed E-state index contributed by atoms with van der Waals surface area (Å²) in [5, 5.41) is 3.67. The van der Waals surface area contributed by atoms with Crippen molar-refractivity contribution in [3.8, 4) is 0 Å². The molecule has 0 saturated heterocycles. The summed E-state index contributed by atoms with van der Waals surface area (Å²) in [6.07, 6.45) is 1.81. The lowest BCUT2D eigenvalue weighted by atomic mass is 9.76. The normalized spacial score (nSPS) is 21.0. The second kappa shape index (κ2) is 5.93. The number of halogens is 4. The fraction of sp³-hybridized carbons (Fsp3) is 0.250. The lowest BCUT2D eigenvalue weighted by Gasteiger charge is -2.37. The van der Waals surface area contributed by atoms with E-state index in [2.05, 4.69) is 21.2 Å². The molecule has 0 heterocycles. The number of hydrogen-bond acceptors (Lipinski definition) is 1. The highest BCUT2D eigenvalue weighted by Gasteiger charge is 2.31. The Balaban J connectivity index is 1.65. The molecule has 110 valence electrons. The fourth-order valence-corrected chi connectivity index (χ4v) is 3.57. The Morgan fingerprint density at radius 3 is 2.52 bits per heavy atom. The van der Waals surface area contributed by atoms with Gasteiger partial charge in [-0.1, -0.05) is 23.7 Å². The van der Waals surface area contributed by atoms with E-state index in [1.165, 1.54) is 18.2 Å². The van der Waals surface area contributed by atoms with Crippen LogP contribution in [0.2, 0.25) is 5.02 Å². The molecular weight excluding hydrogens is 360 g/mol. The Hall–Kier alpha value is -1.13. The lowest BCUT2D eigenvalue weighted by Crippen LogP contribution is -2.34. The molecule has 5 heteroatoms. The van der Waals surface area contributed by atoms with Crippen LogP contribution < -0.4 is 5.32 Å². The van der Waals surface area contributed by atoms with Gasteiger partial charge >= 0.3 is 0 Å². The molecule has 21 heavy (non-hydrogen) atoms. The van der Waals surface area contributed by atoms with Crippen LogP contribution in [0.5, 0.6) is 0 Å². The van der Waals surface area contributed by atoms with E-state index in [1.807, 2.05) is 6.07 Å². The van der Waals surface area contributed by atoms with Crippen molar-refractivity contribution in [2.75, 3.05) is 5.32 Å². The maximum atomic E-state index is 13.2. The highest BCUT2D eigenvalue weighted by molar-refractivity contribution is 9.10. The predicted molar refractivity (Wildman–Crippen MR) is 84.9 cm³/mol. The third kappa shape index (κ3) is 3.22. The van der Waals surface area contributed by atoms with Crippen LogP contribution in [0.25, 0.3) is 0 Å². The zero-order valence-corrected chi connectivity index (χ0v) is 13.4. The third-order valence-electron chi connectivity index (χ3n) is 3.81. The van der Waals surface area contributed by atoms with Crippen molar-refractivity contribution in [3.05, 3.63) is 63.1 Å². The van der Waals surface area contributed by atoms with Gasteiger partial charge in [-0.3, -0.25) is 0 Å². The van der Waals surface area contributed by atoms with Gasteiger partial charge in [-0.25, -0.2) is 8.78 Å². The van der Waals surface area contributed by atoms with Crippen LogP contribution in [-0.2, 0) is 0 Å². The van der Waals surface area contributed by atoms with E-state index >= 15 is 0 Å². The van der Waals surface area contributed by atoms with Crippen molar-refractivity contribution < 1.29 is 8.78 Å². The van der Waals surface area contributed by atoms with Crippen LogP contribution >= 0.6 is 27.5 Å². The molecule has 1 fully saturated rings. The van der Waals surface area contributed by atoms with Gasteiger partial charge in [-0.2, -0.15) is 0 Å². The van der Waals surface area contributed by atoms with E-state index in [1.54, 1.807) is 12.1 Å². The SMILES string of the molecule is Fc1cccc(C2CC(Nc3c(Cl)cc(F)cc3Br)C2)c1. The molecule has 1 N–H and O–H groups in total. The summed E-state index contributed by atoms with van der Waals surface area (Å²) in [6.45, 7) is 0. The van der Waals surface area contributed by atoms with Crippen LogP contribution in [0.4, 0.5) is 14.5 Å². The van der Waals surface area contributed by atoms with E-state index in [0.717, 1.165) is 18.4 Å². The maximum absolute atomic E-state index is 13.2. The standard InChI is InChI=1S/C16H13BrClF2N/c17-14-7-12(20)8-15(18)16(14)21-13-5-10(6-13)9-2-1-3-11(19)4-9/h1-4,7-8,10,13,21H,5-6H2. The van der Waals surface area contributed by atoms with Gasteiger partial charge in [0.25, 0.3) is 0 Å². The number of benzene rings is 2. The quantitative estimate of drug-likeness (QED) is 0.724. The molecule has 0 bridgehead atoms. The van der Waals surface area contributed by atoms with Crippen molar-refractivity contribution in [2.24, 2.45) is 0 Å². The molecule has 1 nitrogen and oxygen atoms in total.